The van der Waals surface area contributed by atoms with Crippen molar-refractivity contribution < 1.29 is 14.7 Å². The van der Waals surface area contributed by atoms with Gasteiger partial charge < -0.3 is 10.4 Å². The molecule has 6 heteroatoms. The number of aromatic carboxylic acids is 1. The van der Waals surface area contributed by atoms with E-state index in [9.17, 15) is 9.59 Å². The van der Waals surface area contributed by atoms with Gasteiger partial charge in [-0.3, -0.25) is 9.48 Å². The topological polar surface area (TPSA) is 84.2 Å². The van der Waals surface area contributed by atoms with Gasteiger partial charge in [-0.15, -0.1) is 0 Å². The molecule has 1 heterocycles. The van der Waals surface area contributed by atoms with Crippen LogP contribution in [0.1, 0.15) is 46.7 Å². The summed E-state index contributed by atoms with van der Waals surface area (Å²) in [5.74, 6) is -1.38. The number of nitrogens with one attached hydrogen (secondary N) is 1. The standard InChI is InChI=1S/C11H15N3O3/c1-14-9(6-8(13-14)11(16)17)10(15)12-7-4-2-3-5-7/h6-7H,2-5H2,1H3,(H,12,15)(H,16,17). The van der Waals surface area contributed by atoms with Gasteiger partial charge in [-0.2, -0.15) is 5.10 Å². The number of nitrogens with zero attached hydrogens (tertiary/aromatic N) is 2. The average molecular weight is 237 g/mol. The van der Waals surface area contributed by atoms with Gasteiger partial charge in [-0.1, -0.05) is 12.8 Å². The molecule has 0 aliphatic heterocycles. The van der Waals surface area contributed by atoms with Crippen LogP contribution in [0, 0.1) is 0 Å². The maximum atomic E-state index is 11.9. The van der Waals surface area contributed by atoms with Gasteiger partial charge in [0.15, 0.2) is 5.69 Å². The lowest BCUT2D eigenvalue weighted by atomic mass is 10.2. The van der Waals surface area contributed by atoms with E-state index in [2.05, 4.69) is 10.4 Å². The lowest BCUT2D eigenvalue weighted by Crippen LogP contribution is -2.33. The molecule has 6 nitrogen and oxygen atoms in total. The zero-order valence-corrected chi connectivity index (χ0v) is 9.64. The van der Waals surface area contributed by atoms with Gasteiger partial charge in [-0.25, -0.2) is 4.79 Å². The summed E-state index contributed by atoms with van der Waals surface area (Å²) in [7, 11) is 1.57. The molecule has 1 fully saturated rings. The molecular weight excluding hydrogens is 222 g/mol. The first kappa shape index (κ1) is 11.6. The first-order chi connectivity index (χ1) is 8.08. The van der Waals surface area contributed by atoms with E-state index in [1.54, 1.807) is 7.05 Å². The van der Waals surface area contributed by atoms with Crippen molar-refractivity contribution in [2.75, 3.05) is 0 Å². The molecule has 1 aromatic rings. The first-order valence-electron chi connectivity index (χ1n) is 5.66. The number of carboxylic acid groups (broad SMARTS) is 1. The summed E-state index contributed by atoms with van der Waals surface area (Å²) >= 11 is 0. The average Bonchev–Trinajstić information content (AvgIpc) is 2.86. The summed E-state index contributed by atoms with van der Waals surface area (Å²) in [6.07, 6.45) is 4.26. The summed E-state index contributed by atoms with van der Waals surface area (Å²) in [5, 5.41) is 15.4. The summed E-state index contributed by atoms with van der Waals surface area (Å²) in [5.41, 5.74) is 0.179. The Morgan fingerprint density at radius 1 is 1.47 bits per heavy atom. The minimum Gasteiger partial charge on any atom is -0.476 e. The Kier molecular flexibility index (Phi) is 3.12. The Morgan fingerprint density at radius 3 is 2.65 bits per heavy atom. The van der Waals surface area contributed by atoms with Crippen LogP contribution in [-0.4, -0.2) is 32.8 Å². The summed E-state index contributed by atoms with van der Waals surface area (Å²) in [6.45, 7) is 0. The Bertz CT molecular complexity index is 447. The van der Waals surface area contributed by atoms with Crippen LogP contribution < -0.4 is 5.32 Å². The zero-order valence-electron chi connectivity index (χ0n) is 9.64. The van der Waals surface area contributed by atoms with Crippen molar-refractivity contribution in [3.8, 4) is 0 Å². The second-order valence-electron chi connectivity index (χ2n) is 4.30. The molecule has 17 heavy (non-hydrogen) atoms. The number of aromatic nitrogens is 2. The van der Waals surface area contributed by atoms with Crippen molar-refractivity contribution >= 4 is 11.9 Å². The van der Waals surface area contributed by atoms with E-state index in [1.807, 2.05) is 0 Å². The van der Waals surface area contributed by atoms with Crippen LogP contribution in [0.25, 0.3) is 0 Å². The van der Waals surface area contributed by atoms with Gasteiger partial charge >= 0.3 is 5.97 Å². The van der Waals surface area contributed by atoms with Gasteiger partial charge in [0.2, 0.25) is 0 Å². The minimum atomic E-state index is -1.12. The van der Waals surface area contributed by atoms with Gasteiger partial charge in [0.1, 0.15) is 5.69 Å². The van der Waals surface area contributed by atoms with E-state index in [0.717, 1.165) is 25.7 Å². The molecule has 1 saturated carbocycles. The third-order valence-electron chi connectivity index (χ3n) is 3.02. The van der Waals surface area contributed by atoms with Gasteiger partial charge in [-0.05, 0) is 12.8 Å². The number of hydrogen-bond acceptors (Lipinski definition) is 3. The third-order valence-corrected chi connectivity index (χ3v) is 3.02. The predicted molar refractivity (Wildman–Crippen MR) is 59.9 cm³/mol. The lowest BCUT2D eigenvalue weighted by Gasteiger charge is -2.11. The molecule has 1 aliphatic carbocycles. The van der Waals surface area contributed by atoms with Crippen molar-refractivity contribution in [3.05, 3.63) is 17.5 Å². The molecular formula is C11H15N3O3. The van der Waals surface area contributed by atoms with Crippen LogP contribution in [0.5, 0.6) is 0 Å². The fourth-order valence-electron chi connectivity index (χ4n) is 2.11. The molecule has 0 radical (unpaired) electrons. The number of rotatable bonds is 3. The van der Waals surface area contributed by atoms with E-state index in [-0.39, 0.29) is 23.3 Å². The highest BCUT2D eigenvalue weighted by Crippen LogP contribution is 2.18. The van der Waals surface area contributed by atoms with E-state index >= 15 is 0 Å². The SMILES string of the molecule is Cn1nc(C(=O)O)cc1C(=O)NC1CCCC1. The number of carbonyl (C=O) groups excluding carboxylic acids is 1. The second kappa shape index (κ2) is 4.57. The number of hydrogen-bond donors (Lipinski definition) is 2. The third kappa shape index (κ3) is 2.46. The zero-order chi connectivity index (χ0) is 12.4. The highest BCUT2D eigenvalue weighted by molar-refractivity contribution is 5.95. The van der Waals surface area contributed by atoms with Crippen molar-refractivity contribution in [3.63, 3.8) is 0 Å². The molecule has 2 N–H and O–H groups in total. The molecule has 92 valence electrons. The second-order valence-corrected chi connectivity index (χ2v) is 4.30. The largest absolute Gasteiger partial charge is 0.476 e. The minimum absolute atomic E-state index is 0.107. The monoisotopic (exact) mass is 237 g/mol. The number of carbonyl (C=O) groups is 2. The lowest BCUT2D eigenvalue weighted by molar-refractivity contribution is 0.0689. The number of amides is 1. The van der Waals surface area contributed by atoms with Crippen LogP contribution in [0.3, 0.4) is 0 Å². The summed E-state index contributed by atoms with van der Waals surface area (Å²) in [6, 6.07) is 1.51. The Hall–Kier alpha value is -1.85. The van der Waals surface area contributed by atoms with Crippen molar-refractivity contribution in [2.45, 2.75) is 31.7 Å². The summed E-state index contributed by atoms with van der Waals surface area (Å²) < 4.78 is 1.30. The molecule has 0 spiro atoms. The number of carboxylic acids is 1. The molecule has 2 rings (SSSR count). The fraction of sp³-hybridized carbons (Fsp3) is 0.545. The quantitative estimate of drug-likeness (QED) is 0.814. The Labute approximate surface area is 98.6 Å². The number of aryl methyl sites for hydroxylation is 1. The maximum absolute atomic E-state index is 11.9. The van der Waals surface area contributed by atoms with Crippen LogP contribution >= 0.6 is 0 Å². The maximum Gasteiger partial charge on any atom is 0.356 e. The van der Waals surface area contributed by atoms with Crippen LogP contribution in [-0.2, 0) is 7.05 Å². The molecule has 1 amide bonds. The summed E-state index contributed by atoms with van der Waals surface area (Å²) in [4.78, 5) is 22.6. The molecule has 0 unspecified atom stereocenters. The van der Waals surface area contributed by atoms with Gasteiger partial charge in [0, 0.05) is 19.2 Å². The molecule has 0 bridgehead atoms. The van der Waals surface area contributed by atoms with Crippen molar-refractivity contribution in [1.29, 1.82) is 0 Å². The Balaban J connectivity index is 2.10. The Morgan fingerprint density at radius 2 is 2.12 bits per heavy atom. The smallest absolute Gasteiger partial charge is 0.356 e. The molecule has 1 aromatic heterocycles. The van der Waals surface area contributed by atoms with E-state index in [1.165, 1.54) is 10.7 Å². The van der Waals surface area contributed by atoms with E-state index in [4.69, 9.17) is 5.11 Å². The van der Waals surface area contributed by atoms with Crippen LogP contribution in [0.15, 0.2) is 6.07 Å². The van der Waals surface area contributed by atoms with Crippen molar-refractivity contribution in [1.82, 2.24) is 15.1 Å². The molecule has 1 aliphatic rings. The molecule has 0 aromatic carbocycles. The van der Waals surface area contributed by atoms with Gasteiger partial charge in [0.25, 0.3) is 5.91 Å². The van der Waals surface area contributed by atoms with E-state index < -0.39 is 5.97 Å². The van der Waals surface area contributed by atoms with Crippen LogP contribution in [0.4, 0.5) is 0 Å². The first-order valence-corrected chi connectivity index (χ1v) is 5.66. The van der Waals surface area contributed by atoms with Crippen LogP contribution in [0.2, 0.25) is 0 Å². The highest BCUT2D eigenvalue weighted by Gasteiger charge is 2.21. The van der Waals surface area contributed by atoms with Crippen molar-refractivity contribution in [2.24, 2.45) is 7.05 Å². The van der Waals surface area contributed by atoms with Gasteiger partial charge in [0.05, 0.1) is 0 Å². The van der Waals surface area contributed by atoms with E-state index in [0.29, 0.717) is 0 Å². The normalized spacial score (nSPS) is 16.1. The predicted octanol–water partition coefficient (Wildman–Crippen LogP) is 0.791. The molecule has 0 atom stereocenters. The molecule has 0 saturated heterocycles. The fourth-order valence-corrected chi connectivity index (χ4v) is 2.11. The highest BCUT2D eigenvalue weighted by atomic mass is 16.4.